The summed E-state index contributed by atoms with van der Waals surface area (Å²) in [5, 5.41) is 0. The molecule has 4 nitrogen and oxygen atoms in total. The van der Waals surface area contributed by atoms with E-state index in [-0.39, 0.29) is 0 Å². The standard InChI is InChI=1S/C8H12O4/c1-6(2)3-10-4-7-5-11-8(9)12-7/h5-6H,3-4H2,1-2H3. The monoisotopic (exact) mass is 172 g/mol. The molecule has 68 valence electrons. The van der Waals surface area contributed by atoms with Crippen molar-refractivity contribution in [2.24, 2.45) is 5.92 Å². The Labute approximate surface area is 70.1 Å². The highest BCUT2D eigenvalue weighted by atomic mass is 16.6. The van der Waals surface area contributed by atoms with E-state index >= 15 is 0 Å². The van der Waals surface area contributed by atoms with Crippen LogP contribution in [-0.2, 0) is 11.3 Å². The molecule has 0 saturated heterocycles. The molecule has 1 aromatic heterocycles. The quantitative estimate of drug-likeness (QED) is 0.688. The van der Waals surface area contributed by atoms with Gasteiger partial charge in [0.2, 0.25) is 0 Å². The molecule has 12 heavy (non-hydrogen) atoms. The van der Waals surface area contributed by atoms with E-state index in [1.54, 1.807) is 0 Å². The van der Waals surface area contributed by atoms with Crippen LogP contribution in [0.3, 0.4) is 0 Å². The van der Waals surface area contributed by atoms with Crippen molar-refractivity contribution in [3.05, 3.63) is 22.6 Å². The molecule has 1 rings (SSSR count). The van der Waals surface area contributed by atoms with Gasteiger partial charge in [-0.05, 0) is 5.92 Å². The van der Waals surface area contributed by atoms with Crippen LogP contribution in [0.5, 0.6) is 0 Å². The zero-order chi connectivity index (χ0) is 8.97. The van der Waals surface area contributed by atoms with E-state index in [4.69, 9.17) is 4.74 Å². The fourth-order valence-corrected chi connectivity index (χ4v) is 0.728. The summed E-state index contributed by atoms with van der Waals surface area (Å²) < 4.78 is 14.2. The SMILES string of the molecule is CC(C)COCc1coc(=O)o1. The van der Waals surface area contributed by atoms with E-state index in [1.807, 2.05) is 13.8 Å². The first kappa shape index (κ1) is 9.06. The van der Waals surface area contributed by atoms with Gasteiger partial charge >= 0.3 is 5.82 Å². The first-order chi connectivity index (χ1) is 5.68. The summed E-state index contributed by atoms with van der Waals surface area (Å²) in [5.74, 6) is 0.224. The van der Waals surface area contributed by atoms with E-state index in [2.05, 4.69) is 8.83 Å². The van der Waals surface area contributed by atoms with Gasteiger partial charge in [0.05, 0.1) is 0 Å². The van der Waals surface area contributed by atoms with Crippen molar-refractivity contribution in [1.29, 1.82) is 0 Å². The van der Waals surface area contributed by atoms with Crippen LogP contribution in [0, 0.1) is 5.92 Å². The van der Waals surface area contributed by atoms with Gasteiger partial charge in [0.15, 0.2) is 5.76 Å². The molecule has 0 aliphatic rings. The van der Waals surface area contributed by atoms with Gasteiger partial charge in [-0.2, -0.15) is 0 Å². The van der Waals surface area contributed by atoms with Crippen molar-refractivity contribution in [3.63, 3.8) is 0 Å². The third-order valence-corrected chi connectivity index (χ3v) is 1.20. The van der Waals surface area contributed by atoms with Gasteiger partial charge < -0.3 is 13.6 Å². The second-order valence-electron chi connectivity index (χ2n) is 2.96. The Bertz CT molecular complexity index is 271. The van der Waals surface area contributed by atoms with Gasteiger partial charge in [0.1, 0.15) is 12.9 Å². The van der Waals surface area contributed by atoms with Crippen LogP contribution in [-0.4, -0.2) is 6.61 Å². The molecule has 0 bridgehead atoms. The predicted octanol–water partition coefficient (Wildman–Crippen LogP) is 1.41. The fourth-order valence-electron chi connectivity index (χ4n) is 0.728. The molecule has 0 aliphatic carbocycles. The highest BCUT2D eigenvalue weighted by Crippen LogP contribution is 2.00. The topological polar surface area (TPSA) is 52.6 Å². The van der Waals surface area contributed by atoms with Gasteiger partial charge in [-0.1, -0.05) is 13.8 Å². The second-order valence-corrected chi connectivity index (χ2v) is 2.96. The summed E-state index contributed by atoms with van der Waals surface area (Å²) in [6.07, 6.45) is 1.27. The van der Waals surface area contributed by atoms with Crippen LogP contribution in [0.1, 0.15) is 19.6 Å². The first-order valence-electron chi connectivity index (χ1n) is 3.83. The maximum atomic E-state index is 10.4. The second kappa shape index (κ2) is 4.11. The third-order valence-electron chi connectivity index (χ3n) is 1.20. The molecule has 0 fully saturated rings. The Hall–Kier alpha value is -1.03. The fraction of sp³-hybridized carbons (Fsp3) is 0.625. The Morgan fingerprint density at radius 2 is 2.33 bits per heavy atom. The average molecular weight is 172 g/mol. The molecule has 0 N–H and O–H groups in total. The minimum absolute atomic E-state index is 0.296. The van der Waals surface area contributed by atoms with Gasteiger partial charge in [-0.3, -0.25) is 0 Å². The van der Waals surface area contributed by atoms with Crippen LogP contribution in [0.15, 0.2) is 19.9 Å². The maximum Gasteiger partial charge on any atom is 0.518 e. The lowest BCUT2D eigenvalue weighted by atomic mass is 10.2. The zero-order valence-electron chi connectivity index (χ0n) is 7.20. The van der Waals surface area contributed by atoms with Crippen molar-refractivity contribution in [3.8, 4) is 0 Å². The summed E-state index contributed by atoms with van der Waals surface area (Å²) in [6.45, 7) is 5.04. The highest BCUT2D eigenvalue weighted by Gasteiger charge is 2.01. The lowest BCUT2D eigenvalue weighted by Gasteiger charge is -2.03. The van der Waals surface area contributed by atoms with Crippen LogP contribution in [0.2, 0.25) is 0 Å². The summed E-state index contributed by atoms with van der Waals surface area (Å²) in [6, 6.07) is 0. The molecule has 0 aromatic carbocycles. The molecule has 1 aromatic rings. The Morgan fingerprint density at radius 3 is 2.83 bits per heavy atom. The summed E-state index contributed by atoms with van der Waals surface area (Å²) in [7, 11) is 0. The van der Waals surface area contributed by atoms with Gasteiger partial charge in [-0.15, -0.1) is 0 Å². The molecule has 1 heterocycles. The van der Waals surface area contributed by atoms with Crippen LogP contribution < -0.4 is 5.82 Å². The molecule has 0 radical (unpaired) electrons. The summed E-state index contributed by atoms with van der Waals surface area (Å²) >= 11 is 0. The zero-order valence-corrected chi connectivity index (χ0v) is 7.20. The lowest BCUT2D eigenvalue weighted by Crippen LogP contribution is -2.01. The molecule has 0 aliphatic heterocycles. The largest absolute Gasteiger partial charge is 0.518 e. The van der Waals surface area contributed by atoms with E-state index in [0.717, 1.165) is 0 Å². The van der Waals surface area contributed by atoms with Crippen molar-refractivity contribution in [1.82, 2.24) is 0 Å². The van der Waals surface area contributed by atoms with E-state index in [9.17, 15) is 4.79 Å². The maximum absolute atomic E-state index is 10.4. The van der Waals surface area contributed by atoms with Crippen LogP contribution in [0.25, 0.3) is 0 Å². The third kappa shape index (κ3) is 2.92. The van der Waals surface area contributed by atoms with E-state index in [1.165, 1.54) is 6.26 Å². The lowest BCUT2D eigenvalue weighted by molar-refractivity contribution is 0.0837. The summed E-state index contributed by atoms with van der Waals surface area (Å²) in [5.41, 5.74) is 0. The van der Waals surface area contributed by atoms with Crippen molar-refractivity contribution in [2.45, 2.75) is 20.5 Å². The van der Waals surface area contributed by atoms with Crippen molar-refractivity contribution in [2.75, 3.05) is 6.61 Å². The minimum Gasteiger partial charge on any atom is -0.399 e. The van der Waals surface area contributed by atoms with Crippen molar-refractivity contribution >= 4 is 0 Å². The smallest absolute Gasteiger partial charge is 0.399 e. The Balaban J connectivity index is 2.29. The molecule has 0 unspecified atom stereocenters. The number of hydrogen-bond acceptors (Lipinski definition) is 4. The number of rotatable bonds is 4. The Kier molecular flexibility index (Phi) is 3.10. The summed E-state index contributed by atoms with van der Waals surface area (Å²) in [4.78, 5) is 10.4. The van der Waals surface area contributed by atoms with Crippen LogP contribution >= 0.6 is 0 Å². The average Bonchev–Trinajstić information content (AvgIpc) is 2.35. The molecule has 0 atom stereocenters. The van der Waals surface area contributed by atoms with Crippen LogP contribution in [0.4, 0.5) is 0 Å². The van der Waals surface area contributed by atoms with Crippen molar-refractivity contribution < 1.29 is 13.6 Å². The number of ether oxygens (including phenoxy) is 1. The van der Waals surface area contributed by atoms with E-state index in [0.29, 0.717) is 24.9 Å². The Morgan fingerprint density at radius 1 is 1.58 bits per heavy atom. The normalized spacial score (nSPS) is 10.9. The molecule has 0 amide bonds. The molecule has 0 saturated carbocycles. The van der Waals surface area contributed by atoms with Gasteiger partial charge in [0, 0.05) is 6.61 Å². The molecular formula is C8H12O4. The first-order valence-corrected chi connectivity index (χ1v) is 3.83. The molecule has 0 spiro atoms. The van der Waals surface area contributed by atoms with Gasteiger partial charge in [0.25, 0.3) is 0 Å². The number of hydrogen-bond donors (Lipinski definition) is 0. The molecular weight excluding hydrogens is 160 g/mol. The highest BCUT2D eigenvalue weighted by molar-refractivity contribution is 4.81. The molecule has 4 heteroatoms. The van der Waals surface area contributed by atoms with Gasteiger partial charge in [-0.25, -0.2) is 4.79 Å². The van der Waals surface area contributed by atoms with E-state index < -0.39 is 5.82 Å². The predicted molar refractivity (Wildman–Crippen MR) is 41.7 cm³/mol. The minimum atomic E-state index is -0.682.